The van der Waals surface area contributed by atoms with Crippen LogP contribution in [0.15, 0.2) is 70.0 Å². The van der Waals surface area contributed by atoms with Crippen molar-refractivity contribution in [2.75, 3.05) is 13.2 Å². The molecule has 3 N–H and O–H groups in total. The first-order chi connectivity index (χ1) is 17.7. The molecule has 0 unspecified atom stereocenters. The molecule has 0 fully saturated rings. The van der Waals surface area contributed by atoms with Crippen molar-refractivity contribution >= 4 is 33.1 Å². The van der Waals surface area contributed by atoms with E-state index < -0.39 is 11.2 Å². The third-order valence-corrected chi connectivity index (χ3v) is 6.71. The molecular formula is C28H21N3O5. The number of furan rings is 1. The largest absolute Gasteiger partial charge is 0.502 e. The van der Waals surface area contributed by atoms with Crippen molar-refractivity contribution in [2.24, 2.45) is 0 Å². The lowest BCUT2D eigenvalue weighted by atomic mass is 10.0. The number of nitrogens with one attached hydrogen (secondary N) is 2. The number of aromatic nitrogens is 3. The summed E-state index contributed by atoms with van der Waals surface area (Å²) in [6.45, 7) is 1.32. The van der Waals surface area contributed by atoms with Crippen LogP contribution >= 0.6 is 0 Å². The maximum atomic E-state index is 12.0. The lowest BCUT2D eigenvalue weighted by Crippen LogP contribution is -2.01. The number of phenolic OH excluding ortho intramolecular Hbond substituents is 1. The van der Waals surface area contributed by atoms with E-state index in [0.29, 0.717) is 28.7 Å². The van der Waals surface area contributed by atoms with Gasteiger partial charge in [0.25, 0.3) is 0 Å². The number of ether oxygens (including phenoxy) is 2. The topological polar surface area (TPSA) is 113 Å². The molecule has 3 aromatic carbocycles. The molecule has 1 aliphatic heterocycles. The summed E-state index contributed by atoms with van der Waals surface area (Å²) < 4.78 is 17.6. The zero-order valence-electron chi connectivity index (χ0n) is 19.1. The number of aromatic amines is 2. The van der Waals surface area contributed by atoms with Gasteiger partial charge >= 0.3 is 0 Å². The Morgan fingerprint density at radius 3 is 2.81 bits per heavy atom. The van der Waals surface area contributed by atoms with E-state index in [2.05, 4.69) is 27.3 Å². The minimum atomic E-state index is -0.489. The highest BCUT2D eigenvalue weighted by Crippen LogP contribution is 2.40. The molecular weight excluding hydrogens is 458 g/mol. The lowest BCUT2D eigenvalue weighted by molar-refractivity contribution is 0.322. The average molecular weight is 479 g/mol. The van der Waals surface area contributed by atoms with Gasteiger partial charge in [-0.1, -0.05) is 24.3 Å². The van der Waals surface area contributed by atoms with Crippen LogP contribution in [0.3, 0.4) is 0 Å². The summed E-state index contributed by atoms with van der Waals surface area (Å²) >= 11 is 0. The van der Waals surface area contributed by atoms with Crippen LogP contribution in [0.4, 0.5) is 0 Å². The molecule has 0 saturated carbocycles. The number of nitrogens with zero attached hydrogens (tertiary/aromatic N) is 1. The van der Waals surface area contributed by atoms with Crippen LogP contribution in [-0.2, 0) is 12.8 Å². The smallest absolute Gasteiger partial charge is 0.224 e. The zero-order valence-corrected chi connectivity index (χ0v) is 19.1. The number of benzene rings is 3. The average Bonchev–Trinajstić information content (AvgIpc) is 3.63. The van der Waals surface area contributed by atoms with Gasteiger partial charge < -0.3 is 24.1 Å². The summed E-state index contributed by atoms with van der Waals surface area (Å²) in [7, 11) is 0. The van der Waals surface area contributed by atoms with Crippen molar-refractivity contribution in [1.29, 1.82) is 0 Å². The molecule has 6 aromatic rings. The van der Waals surface area contributed by atoms with Gasteiger partial charge in [-0.15, -0.1) is 0 Å². The summed E-state index contributed by atoms with van der Waals surface area (Å²) in [4.78, 5) is 16.6. The first kappa shape index (κ1) is 20.6. The summed E-state index contributed by atoms with van der Waals surface area (Å²) in [5.41, 5.74) is 5.56. The van der Waals surface area contributed by atoms with Crippen LogP contribution in [0.2, 0.25) is 0 Å². The van der Waals surface area contributed by atoms with Crippen LogP contribution in [-0.4, -0.2) is 33.5 Å². The Kier molecular flexibility index (Phi) is 4.54. The standard InChI is InChI=1S/C28H21N3O5/c32-21-7-6-19-24-27(36-26(19)25(21)33)23(20-14-29-31-28(20)30-24)16-2-4-18(5-3-16)34-11-9-15-1-8-22-17(13-15)10-12-35-22/h1-8,13-14,33H,9-12H2,(H2,29,30,31). The summed E-state index contributed by atoms with van der Waals surface area (Å²) in [5.74, 6) is 1.35. The minimum Gasteiger partial charge on any atom is -0.502 e. The van der Waals surface area contributed by atoms with E-state index in [9.17, 15) is 9.90 Å². The van der Waals surface area contributed by atoms with Gasteiger partial charge in [0.15, 0.2) is 16.8 Å². The summed E-state index contributed by atoms with van der Waals surface area (Å²) in [6, 6.07) is 17.1. The van der Waals surface area contributed by atoms with Crippen molar-refractivity contribution in [2.45, 2.75) is 12.8 Å². The van der Waals surface area contributed by atoms with E-state index in [1.54, 1.807) is 6.07 Å². The fourth-order valence-corrected chi connectivity index (χ4v) is 4.91. The highest BCUT2D eigenvalue weighted by molar-refractivity contribution is 6.15. The van der Waals surface area contributed by atoms with Gasteiger partial charge in [0.2, 0.25) is 11.2 Å². The molecule has 8 heteroatoms. The Balaban J connectivity index is 1.21. The predicted molar refractivity (Wildman–Crippen MR) is 136 cm³/mol. The third-order valence-electron chi connectivity index (χ3n) is 6.71. The predicted octanol–water partition coefficient (Wildman–Crippen LogP) is 5.08. The summed E-state index contributed by atoms with van der Waals surface area (Å²) in [6.07, 6.45) is 3.59. The van der Waals surface area contributed by atoms with Gasteiger partial charge in [-0.05, 0) is 47.0 Å². The van der Waals surface area contributed by atoms with E-state index in [1.807, 2.05) is 36.5 Å². The van der Waals surface area contributed by atoms with Crippen LogP contribution in [0.5, 0.6) is 17.2 Å². The van der Waals surface area contributed by atoms with Crippen molar-refractivity contribution in [3.8, 4) is 28.4 Å². The highest BCUT2D eigenvalue weighted by Gasteiger charge is 2.21. The molecule has 36 heavy (non-hydrogen) atoms. The van der Waals surface area contributed by atoms with Gasteiger partial charge in [-0.3, -0.25) is 9.89 Å². The van der Waals surface area contributed by atoms with E-state index in [1.165, 1.54) is 17.2 Å². The van der Waals surface area contributed by atoms with Gasteiger partial charge in [-0.2, -0.15) is 0 Å². The Morgan fingerprint density at radius 1 is 1.03 bits per heavy atom. The quantitative estimate of drug-likeness (QED) is 0.318. The maximum absolute atomic E-state index is 12.0. The number of pyridine rings is 1. The second kappa shape index (κ2) is 7.91. The zero-order chi connectivity index (χ0) is 24.2. The number of fused-ring (bicyclic) bond motifs is 5. The van der Waals surface area contributed by atoms with Crippen molar-refractivity contribution in [1.82, 2.24) is 15.2 Å². The molecule has 0 radical (unpaired) electrons. The summed E-state index contributed by atoms with van der Waals surface area (Å²) in [5, 5.41) is 17.7. The molecule has 3 aromatic heterocycles. The van der Waals surface area contributed by atoms with Crippen molar-refractivity contribution in [3.63, 3.8) is 0 Å². The number of H-pyrrole nitrogens is 2. The van der Waals surface area contributed by atoms with Crippen molar-refractivity contribution < 1.29 is 19.0 Å². The normalized spacial score (nSPS) is 12.9. The third kappa shape index (κ3) is 3.22. The number of rotatable bonds is 5. The highest BCUT2D eigenvalue weighted by atomic mass is 16.5. The number of aromatic hydroxyl groups is 1. The fourth-order valence-electron chi connectivity index (χ4n) is 4.91. The number of hydrogen-bond acceptors (Lipinski definition) is 6. The van der Waals surface area contributed by atoms with Gasteiger partial charge in [-0.25, -0.2) is 4.98 Å². The van der Waals surface area contributed by atoms with E-state index in [-0.39, 0.29) is 5.58 Å². The molecule has 178 valence electrons. The molecule has 0 atom stereocenters. The van der Waals surface area contributed by atoms with Gasteiger partial charge in [0, 0.05) is 30.0 Å². The van der Waals surface area contributed by atoms with E-state index in [4.69, 9.17) is 13.9 Å². The molecule has 0 bridgehead atoms. The SMILES string of the molecule is O=c1ccc2c(oc3c(-c4ccc(OCCc5ccc6c(c5)CCO6)cc4)c4c[nH][nH]c4nc32)c1O. The van der Waals surface area contributed by atoms with Gasteiger partial charge in [0.1, 0.15) is 17.0 Å². The van der Waals surface area contributed by atoms with E-state index >= 15 is 0 Å². The second-order valence-corrected chi connectivity index (χ2v) is 8.89. The fraction of sp³-hybridized carbons (Fsp3) is 0.143. The first-order valence-electron chi connectivity index (χ1n) is 11.8. The monoisotopic (exact) mass is 479 g/mol. The molecule has 1 aliphatic rings. The lowest BCUT2D eigenvalue weighted by Gasteiger charge is -2.09. The van der Waals surface area contributed by atoms with Crippen LogP contribution in [0.1, 0.15) is 11.1 Å². The minimum absolute atomic E-state index is 0.140. The number of hydrogen-bond donors (Lipinski definition) is 3. The van der Waals surface area contributed by atoms with Crippen LogP contribution in [0.25, 0.3) is 44.2 Å². The number of phenols is 1. The van der Waals surface area contributed by atoms with Crippen LogP contribution in [0, 0.1) is 0 Å². The Hall–Kier alpha value is -4.72. The molecule has 0 amide bonds. The molecule has 0 saturated heterocycles. The molecule has 0 aliphatic carbocycles. The molecule has 4 heterocycles. The Morgan fingerprint density at radius 2 is 1.92 bits per heavy atom. The molecule has 7 rings (SSSR count). The van der Waals surface area contributed by atoms with Gasteiger partial charge in [0.05, 0.1) is 18.6 Å². The second-order valence-electron chi connectivity index (χ2n) is 8.89. The van der Waals surface area contributed by atoms with Crippen molar-refractivity contribution in [3.05, 3.63) is 82.1 Å². The molecule has 0 spiro atoms. The molecule has 8 nitrogen and oxygen atoms in total. The van der Waals surface area contributed by atoms with E-state index in [0.717, 1.165) is 47.5 Å². The Bertz CT molecular complexity index is 1830. The first-order valence-corrected chi connectivity index (χ1v) is 11.8. The maximum Gasteiger partial charge on any atom is 0.224 e. The van der Waals surface area contributed by atoms with Crippen LogP contribution < -0.4 is 14.9 Å². The Labute approximate surface area is 204 Å².